The van der Waals surface area contributed by atoms with Gasteiger partial charge < -0.3 is 5.32 Å². The number of carbonyl (C=O) groups is 1. The van der Waals surface area contributed by atoms with Crippen molar-refractivity contribution < 1.29 is 18.1 Å². The van der Waals surface area contributed by atoms with Crippen molar-refractivity contribution in [2.24, 2.45) is 0 Å². The highest BCUT2D eigenvalue weighted by molar-refractivity contribution is 7.92. The van der Waals surface area contributed by atoms with Gasteiger partial charge in [0.15, 0.2) is 0 Å². The Morgan fingerprint density at radius 2 is 1.67 bits per heavy atom. The highest BCUT2D eigenvalue weighted by Gasteiger charge is 2.21. The van der Waals surface area contributed by atoms with Crippen LogP contribution in [-0.4, -0.2) is 19.2 Å². The van der Waals surface area contributed by atoms with E-state index in [1.807, 2.05) is 0 Å². The van der Waals surface area contributed by atoms with E-state index in [9.17, 15) is 23.3 Å². The van der Waals surface area contributed by atoms with Crippen LogP contribution in [-0.2, 0) is 10.0 Å². The quantitative estimate of drug-likeness (QED) is 0.394. The number of nitro groups is 1. The van der Waals surface area contributed by atoms with Gasteiger partial charge in [-0.15, -0.1) is 0 Å². The second-order valence-electron chi connectivity index (χ2n) is 5.99. The predicted molar refractivity (Wildman–Crippen MR) is 115 cm³/mol. The first-order valence-corrected chi connectivity index (χ1v) is 10.5. The molecule has 0 aliphatic rings. The van der Waals surface area contributed by atoms with Gasteiger partial charge in [-0.05, 0) is 36.4 Å². The molecule has 154 valence electrons. The minimum atomic E-state index is -4.18. The number of nitrogens with zero attached hydrogens (tertiary/aromatic N) is 1. The zero-order chi connectivity index (χ0) is 21.9. The Morgan fingerprint density at radius 1 is 0.933 bits per heavy atom. The van der Waals surface area contributed by atoms with E-state index < -0.39 is 20.9 Å². The molecule has 11 heteroatoms. The van der Waals surface area contributed by atoms with Gasteiger partial charge in [0, 0.05) is 17.8 Å². The summed E-state index contributed by atoms with van der Waals surface area (Å²) in [5, 5.41) is 14.1. The van der Waals surface area contributed by atoms with E-state index in [1.165, 1.54) is 42.5 Å². The molecule has 0 radical (unpaired) electrons. The first kappa shape index (κ1) is 21.6. The fourth-order valence-electron chi connectivity index (χ4n) is 2.51. The smallest absolute Gasteiger partial charge is 0.270 e. The van der Waals surface area contributed by atoms with Crippen LogP contribution >= 0.6 is 23.2 Å². The Kier molecular flexibility index (Phi) is 6.25. The van der Waals surface area contributed by atoms with E-state index in [2.05, 4.69) is 10.0 Å². The summed E-state index contributed by atoms with van der Waals surface area (Å²) in [6.07, 6.45) is 0. The van der Waals surface area contributed by atoms with Gasteiger partial charge in [0.2, 0.25) is 0 Å². The van der Waals surface area contributed by atoms with Crippen LogP contribution in [0.5, 0.6) is 0 Å². The van der Waals surface area contributed by atoms with Gasteiger partial charge in [-0.25, -0.2) is 8.42 Å². The molecule has 0 saturated carbocycles. The van der Waals surface area contributed by atoms with Crippen molar-refractivity contribution in [3.63, 3.8) is 0 Å². The molecule has 0 aliphatic heterocycles. The van der Waals surface area contributed by atoms with Gasteiger partial charge in [0.25, 0.3) is 21.6 Å². The topological polar surface area (TPSA) is 118 Å². The van der Waals surface area contributed by atoms with Crippen molar-refractivity contribution >= 4 is 56.2 Å². The van der Waals surface area contributed by atoms with Crippen molar-refractivity contribution in [1.29, 1.82) is 0 Å². The molecule has 3 aromatic rings. The van der Waals surface area contributed by atoms with Crippen molar-refractivity contribution in [1.82, 2.24) is 0 Å². The largest absolute Gasteiger partial charge is 0.322 e. The van der Waals surface area contributed by atoms with Crippen LogP contribution in [0.25, 0.3) is 0 Å². The number of hydrogen-bond acceptors (Lipinski definition) is 5. The zero-order valence-corrected chi connectivity index (χ0v) is 17.3. The molecule has 0 aromatic heterocycles. The number of carbonyl (C=O) groups excluding carboxylic acids is 1. The lowest BCUT2D eigenvalue weighted by atomic mass is 10.1. The van der Waals surface area contributed by atoms with Gasteiger partial charge in [0.1, 0.15) is 0 Å². The zero-order valence-electron chi connectivity index (χ0n) is 15.0. The molecule has 0 spiro atoms. The molecule has 0 bridgehead atoms. The van der Waals surface area contributed by atoms with Crippen LogP contribution in [0.15, 0.2) is 71.6 Å². The molecule has 30 heavy (non-hydrogen) atoms. The monoisotopic (exact) mass is 465 g/mol. The number of sulfonamides is 1. The summed E-state index contributed by atoms with van der Waals surface area (Å²) < 4.78 is 27.7. The number of amides is 1. The number of rotatable bonds is 6. The lowest BCUT2D eigenvalue weighted by molar-refractivity contribution is -0.385. The molecule has 3 rings (SSSR count). The first-order chi connectivity index (χ1) is 14.2. The van der Waals surface area contributed by atoms with E-state index in [4.69, 9.17) is 23.2 Å². The van der Waals surface area contributed by atoms with Crippen LogP contribution in [0.4, 0.5) is 17.1 Å². The third-order valence-corrected chi connectivity index (χ3v) is 6.03. The number of non-ortho nitro benzene ring substituents is 1. The van der Waals surface area contributed by atoms with Crippen LogP contribution in [0.1, 0.15) is 10.4 Å². The number of anilines is 2. The van der Waals surface area contributed by atoms with Gasteiger partial charge in [-0.1, -0.05) is 41.4 Å². The maximum absolute atomic E-state index is 12.7. The second-order valence-corrected chi connectivity index (χ2v) is 8.49. The summed E-state index contributed by atoms with van der Waals surface area (Å²) in [5.74, 6) is -0.592. The van der Waals surface area contributed by atoms with Gasteiger partial charge in [-0.3, -0.25) is 19.6 Å². The SMILES string of the molecule is O=C(Nc1ccc(Cl)c(Cl)c1)c1ccccc1NS(=O)(=O)c1cccc([N+](=O)[O-])c1. The van der Waals surface area contributed by atoms with E-state index in [1.54, 1.807) is 18.2 Å². The lowest BCUT2D eigenvalue weighted by Gasteiger charge is -2.13. The Balaban J connectivity index is 1.89. The maximum atomic E-state index is 12.7. The first-order valence-electron chi connectivity index (χ1n) is 8.30. The molecule has 0 atom stereocenters. The third-order valence-electron chi connectivity index (χ3n) is 3.93. The molecule has 0 unspecified atom stereocenters. The number of nitrogens with one attached hydrogen (secondary N) is 2. The summed E-state index contributed by atoms with van der Waals surface area (Å²) in [7, 11) is -4.18. The number of halogens is 2. The Bertz CT molecular complexity index is 1250. The van der Waals surface area contributed by atoms with Crippen LogP contribution in [0.2, 0.25) is 10.0 Å². The van der Waals surface area contributed by atoms with E-state index in [0.29, 0.717) is 10.7 Å². The molecule has 0 aliphatic carbocycles. The van der Waals surface area contributed by atoms with Crippen molar-refractivity contribution in [2.45, 2.75) is 4.90 Å². The molecule has 3 aromatic carbocycles. The summed E-state index contributed by atoms with van der Waals surface area (Å²) in [4.78, 5) is 22.6. The Hall–Kier alpha value is -3.14. The number of nitro benzene ring substituents is 1. The Labute approximate surface area is 181 Å². The fraction of sp³-hybridized carbons (Fsp3) is 0. The average molecular weight is 466 g/mol. The Morgan fingerprint density at radius 3 is 2.37 bits per heavy atom. The molecular weight excluding hydrogens is 453 g/mol. The summed E-state index contributed by atoms with van der Waals surface area (Å²) in [5.41, 5.74) is 0.0356. The number of benzene rings is 3. The maximum Gasteiger partial charge on any atom is 0.270 e. The van der Waals surface area contributed by atoms with Crippen molar-refractivity contribution in [3.05, 3.63) is 92.5 Å². The van der Waals surface area contributed by atoms with E-state index in [0.717, 1.165) is 6.07 Å². The van der Waals surface area contributed by atoms with Gasteiger partial charge in [-0.2, -0.15) is 0 Å². The van der Waals surface area contributed by atoms with Crippen LogP contribution < -0.4 is 10.0 Å². The molecule has 2 N–H and O–H groups in total. The summed E-state index contributed by atoms with van der Waals surface area (Å²) in [6.45, 7) is 0. The highest BCUT2D eigenvalue weighted by atomic mass is 35.5. The van der Waals surface area contributed by atoms with Gasteiger partial charge in [0.05, 0.1) is 31.1 Å². The molecular formula is C19H13Cl2N3O5S. The second kappa shape index (κ2) is 8.70. The van der Waals surface area contributed by atoms with E-state index in [-0.39, 0.29) is 26.9 Å². The predicted octanol–water partition coefficient (Wildman–Crippen LogP) is 4.95. The lowest BCUT2D eigenvalue weighted by Crippen LogP contribution is -2.18. The van der Waals surface area contributed by atoms with Gasteiger partial charge >= 0.3 is 0 Å². The fourth-order valence-corrected chi connectivity index (χ4v) is 3.93. The summed E-state index contributed by atoms with van der Waals surface area (Å²) in [6, 6.07) is 15.0. The molecule has 1 amide bonds. The average Bonchev–Trinajstić information content (AvgIpc) is 2.71. The molecule has 0 fully saturated rings. The van der Waals surface area contributed by atoms with Crippen molar-refractivity contribution in [3.8, 4) is 0 Å². The number of para-hydroxylation sites is 1. The third kappa shape index (κ3) is 4.88. The molecule has 0 heterocycles. The minimum absolute atomic E-state index is 0.00145. The van der Waals surface area contributed by atoms with Crippen molar-refractivity contribution in [2.75, 3.05) is 10.0 Å². The standard InChI is InChI=1S/C19H13Cl2N3O5S/c20-16-9-8-12(10-17(16)21)22-19(25)15-6-1-2-7-18(15)23-30(28,29)14-5-3-4-13(11-14)24(26)27/h1-11,23H,(H,22,25). The molecule has 0 saturated heterocycles. The normalized spacial score (nSPS) is 11.0. The summed E-state index contributed by atoms with van der Waals surface area (Å²) >= 11 is 11.8. The highest BCUT2D eigenvalue weighted by Crippen LogP contribution is 2.27. The molecule has 8 nitrogen and oxygen atoms in total. The van der Waals surface area contributed by atoms with Crippen LogP contribution in [0.3, 0.4) is 0 Å². The minimum Gasteiger partial charge on any atom is -0.322 e. The van der Waals surface area contributed by atoms with E-state index >= 15 is 0 Å². The van der Waals surface area contributed by atoms with Crippen LogP contribution in [0, 0.1) is 10.1 Å². The number of hydrogen-bond donors (Lipinski definition) is 2.